The fourth-order valence-corrected chi connectivity index (χ4v) is 1.67. The summed E-state index contributed by atoms with van der Waals surface area (Å²) in [5, 5.41) is 9.34. The average Bonchev–Trinajstić information content (AvgIpc) is 2.32. The topological polar surface area (TPSA) is 128 Å². The molecule has 0 heterocycles. The Labute approximate surface area is 106 Å². The van der Waals surface area contributed by atoms with Crippen LogP contribution in [-0.2, 0) is 23.1 Å². The Morgan fingerprint density at radius 1 is 1.39 bits per heavy atom. The van der Waals surface area contributed by atoms with Gasteiger partial charge in [-0.2, -0.15) is 0 Å². The van der Waals surface area contributed by atoms with Gasteiger partial charge in [0.2, 0.25) is 0 Å². The highest BCUT2D eigenvalue weighted by molar-refractivity contribution is 7.47. The van der Waals surface area contributed by atoms with Crippen molar-refractivity contribution in [3.05, 3.63) is 0 Å². The quantitative estimate of drug-likeness (QED) is 0.371. The van der Waals surface area contributed by atoms with Crippen LogP contribution in [0.4, 0.5) is 0 Å². The van der Waals surface area contributed by atoms with Gasteiger partial charge in [0.25, 0.3) is 0 Å². The highest BCUT2D eigenvalue weighted by atomic mass is 31.2. The third-order valence-corrected chi connectivity index (χ3v) is 2.68. The van der Waals surface area contributed by atoms with Gasteiger partial charge in [-0.05, 0) is 6.42 Å². The van der Waals surface area contributed by atoms with Crippen molar-refractivity contribution in [1.82, 2.24) is 0 Å². The van der Waals surface area contributed by atoms with Crippen LogP contribution < -0.4 is 5.73 Å². The number of esters is 1. The van der Waals surface area contributed by atoms with E-state index in [2.05, 4.69) is 13.8 Å². The zero-order chi connectivity index (χ0) is 14.0. The number of carbonyl (C=O) groups excluding carboxylic acids is 1. The first kappa shape index (κ1) is 17.5. The fraction of sp³-hybridized carbons (Fsp3) is 0.889. The molecule has 0 aliphatic carbocycles. The van der Waals surface area contributed by atoms with Crippen molar-refractivity contribution in [2.75, 3.05) is 26.4 Å². The average molecular weight is 285 g/mol. The molecule has 0 saturated heterocycles. The monoisotopic (exact) mass is 285 g/mol. The number of phosphoric ester groups is 1. The zero-order valence-corrected chi connectivity index (χ0v) is 11.2. The fourth-order valence-electron chi connectivity index (χ4n) is 0.899. The molecule has 0 aliphatic rings. The third-order valence-electron chi connectivity index (χ3n) is 1.69. The van der Waals surface area contributed by atoms with Crippen molar-refractivity contribution in [2.45, 2.75) is 25.9 Å². The van der Waals surface area contributed by atoms with Gasteiger partial charge in [-0.3, -0.25) is 13.8 Å². The molecular weight excluding hydrogens is 265 g/mol. The summed E-state index contributed by atoms with van der Waals surface area (Å²) >= 11 is 0. The molecule has 108 valence electrons. The first-order valence-corrected chi connectivity index (χ1v) is 7.06. The molecule has 2 atom stereocenters. The number of hydrogen-bond donors (Lipinski definition) is 3. The third kappa shape index (κ3) is 9.52. The minimum absolute atomic E-state index is 0.0745. The summed E-state index contributed by atoms with van der Waals surface area (Å²) in [6, 6.07) is 0. The van der Waals surface area contributed by atoms with E-state index in [1.54, 1.807) is 0 Å². The maximum atomic E-state index is 11.2. The van der Waals surface area contributed by atoms with Crippen molar-refractivity contribution < 1.29 is 33.1 Å². The van der Waals surface area contributed by atoms with E-state index in [0.29, 0.717) is 6.42 Å². The first-order valence-electron chi connectivity index (χ1n) is 5.57. The predicted molar refractivity (Wildman–Crippen MR) is 62.7 cm³/mol. The second-order valence-electron chi connectivity index (χ2n) is 3.47. The molecule has 0 bridgehead atoms. The number of ether oxygens (including phenoxy) is 1. The normalized spacial score (nSPS) is 16.0. The summed E-state index contributed by atoms with van der Waals surface area (Å²) < 4.78 is 24.8. The maximum absolute atomic E-state index is 11.2. The molecule has 0 aliphatic heterocycles. The molecule has 8 nitrogen and oxygen atoms in total. The Morgan fingerprint density at radius 2 is 2.06 bits per heavy atom. The van der Waals surface area contributed by atoms with Crippen LogP contribution in [0.5, 0.6) is 0 Å². The van der Waals surface area contributed by atoms with Gasteiger partial charge < -0.3 is 20.5 Å². The van der Waals surface area contributed by atoms with Crippen LogP contribution in [0.2, 0.25) is 0 Å². The Hall–Kier alpha value is -0.500. The molecule has 9 heteroatoms. The highest BCUT2D eigenvalue weighted by Gasteiger charge is 2.22. The van der Waals surface area contributed by atoms with Crippen molar-refractivity contribution in [3.8, 4) is 0 Å². The molecule has 0 rings (SSSR count). The van der Waals surface area contributed by atoms with E-state index in [9.17, 15) is 14.5 Å². The minimum atomic E-state index is -4.20. The summed E-state index contributed by atoms with van der Waals surface area (Å²) in [4.78, 5) is 20.1. The van der Waals surface area contributed by atoms with Gasteiger partial charge in [0.05, 0.1) is 13.2 Å². The van der Waals surface area contributed by atoms with Crippen LogP contribution in [0.25, 0.3) is 0 Å². The molecule has 0 aromatic heterocycles. The number of aliphatic hydroxyl groups excluding tert-OH is 1. The molecule has 18 heavy (non-hydrogen) atoms. The summed E-state index contributed by atoms with van der Waals surface area (Å²) in [7, 11) is -4.20. The van der Waals surface area contributed by atoms with E-state index in [1.807, 2.05) is 6.92 Å². The van der Waals surface area contributed by atoms with E-state index in [1.165, 1.54) is 0 Å². The van der Waals surface area contributed by atoms with Gasteiger partial charge in [0.1, 0.15) is 12.7 Å². The molecule has 0 spiro atoms. The maximum Gasteiger partial charge on any atom is 0.472 e. The van der Waals surface area contributed by atoms with Crippen molar-refractivity contribution in [2.24, 2.45) is 5.73 Å². The van der Waals surface area contributed by atoms with Gasteiger partial charge in [0.15, 0.2) is 0 Å². The van der Waals surface area contributed by atoms with Gasteiger partial charge in [0, 0.05) is 13.0 Å². The summed E-state index contributed by atoms with van der Waals surface area (Å²) in [5.74, 6) is -0.442. The lowest BCUT2D eigenvalue weighted by Crippen LogP contribution is -2.23. The summed E-state index contributed by atoms with van der Waals surface area (Å²) in [6.45, 7) is 0.992. The van der Waals surface area contributed by atoms with E-state index in [-0.39, 0.29) is 26.2 Å². The molecule has 0 fully saturated rings. The number of rotatable bonds is 10. The second-order valence-corrected chi connectivity index (χ2v) is 4.93. The van der Waals surface area contributed by atoms with Crippen LogP contribution in [0.3, 0.4) is 0 Å². The van der Waals surface area contributed by atoms with E-state index in [0.717, 1.165) is 0 Å². The number of aliphatic hydroxyl groups is 1. The van der Waals surface area contributed by atoms with Crippen LogP contribution >= 0.6 is 7.82 Å². The second kappa shape index (κ2) is 9.43. The van der Waals surface area contributed by atoms with E-state index < -0.39 is 26.5 Å². The molecule has 0 radical (unpaired) electrons. The van der Waals surface area contributed by atoms with Crippen LogP contribution in [0, 0.1) is 0 Å². The molecule has 0 aromatic carbocycles. The van der Waals surface area contributed by atoms with Gasteiger partial charge in [-0.1, -0.05) is 6.92 Å². The van der Waals surface area contributed by atoms with E-state index >= 15 is 0 Å². The molecular formula is C9H20NO7P. The first-order chi connectivity index (χ1) is 8.41. The Bertz CT molecular complexity index is 286. The van der Waals surface area contributed by atoms with Crippen molar-refractivity contribution in [3.63, 3.8) is 0 Å². The van der Waals surface area contributed by atoms with Crippen LogP contribution in [-0.4, -0.2) is 48.4 Å². The standard InChI is InChI=1S/C9H20NO7P/c1-2-3-9(12)15-6-8(11)7-17-18(13,14)16-5-4-10/h8,11H,2-7,10H2,1H3,(H,13,14)/t8-/m1/s1. The Morgan fingerprint density at radius 3 is 2.61 bits per heavy atom. The molecule has 0 amide bonds. The summed E-state index contributed by atoms with van der Waals surface area (Å²) in [6.07, 6.45) is -0.289. The smallest absolute Gasteiger partial charge is 0.463 e. The van der Waals surface area contributed by atoms with Crippen LogP contribution in [0.15, 0.2) is 0 Å². The van der Waals surface area contributed by atoms with Gasteiger partial charge in [-0.15, -0.1) is 0 Å². The predicted octanol–water partition coefficient (Wildman–Crippen LogP) is -0.217. The van der Waals surface area contributed by atoms with Crippen LogP contribution in [0.1, 0.15) is 19.8 Å². The number of carbonyl (C=O) groups is 1. The van der Waals surface area contributed by atoms with Crippen molar-refractivity contribution >= 4 is 13.8 Å². The number of nitrogens with two attached hydrogens (primary N) is 1. The summed E-state index contributed by atoms with van der Waals surface area (Å²) in [5.41, 5.74) is 5.08. The lowest BCUT2D eigenvalue weighted by Gasteiger charge is -2.15. The Kier molecular flexibility index (Phi) is 9.17. The molecule has 0 aromatic rings. The molecule has 4 N–H and O–H groups in total. The minimum Gasteiger partial charge on any atom is -0.463 e. The van der Waals surface area contributed by atoms with Crippen molar-refractivity contribution in [1.29, 1.82) is 0 Å². The number of hydrogen-bond acceptors (Lipinski definition) is 7. The van der Waals surface area contributed by atoms with Gasteiger partial charge >= 0.3 is 13.8 Å². The highest BCUT2D eigenvalue weighted by Crippen LogP contribution is 2.42. The lowest BCUT2D eigenvalue weighted by atomic mass is 10.3. The SMILES string of the molecule is CCCC(=O)OC[C@@H](O)COP(=O)(O)OCCN. The zero-order valence-electron chi connectivity index (χ0n) is 10.3. The molecule has 1 unspecified atom stereocenters. The lowest BCUT2D eigenvalue weighted by molar-refractivity contribution is -0.147. The van der Waals surface area contributed by atoms with Gasteiger partial charge in [-0.25, -0.2) is 4.57 Å². The Balaban J connectivity index is 3.78. The molecule has 0 saturated carbocycles. The van der Waals surface area contributed by atoms with E-state index in [4.69, 9.17) is 10.6 Å². The number of phosphoric acid groups is 1. The largest absolute Gasteiger partial charge is 0.472 e.